The van der Waals surface area contributed by atoms with E-state index in [1.807, 2.05) is 24.3 Å². The number of halogens is 1. The van der Waals surface area contributed by atoms with E-state index in [0.29, 0.717) is 18.9 Å². The molecular formula is C15H16FN3. The molecule has 1 aromatic heterocycles. The molecule has 1 saturated heterocycles. The molecule has 19 heavy (non-hydrogen) atoms. The fraction of sp³-hybridized carbons (Fsp3) is 0.467. The van der Waals surface area contributed by atoms with Crippen LogP contribution in [-0.4, -0.2) is 29.2 Å². The largest absolute Gasteiger partial charge is 0.353 e. The average molecular weight is 257 g/mol. The van der Waals surface area contributed by atoms with E-state index >= 15 is 0 Å². The van der Waals surface area contributed by atoms with Crippen LogP contribution in [0.25, 0.3) is 10.9 Å². The SMILES string of the molecule is FC1CCN(c2nc(C3CC3)nc3ccccc23)C1. The Morgan fingerprint density at radius 3 is 2.68 bits per heavy atom. The number of para-hydroxylation sites is 1. The summed E-state index contributed by atoms with van der Waals surface area (Å²) in [5.41, 5.74) is 0.983. The molecule has 2 aliphatic rings. The Bertz CT molecular complexity index is 624. The molecule has 3 nitrogen and oxygen atoms in total. The topological polar surface area (TPSA) is 29.0 Å². The Morgan fingerprint density at radius 1 is 1.11 bits per heavy atom. The minimum atomic E-state index is -0.724. The predicted molar refractivity (Wildman–Crippen MR) is 73.2 cm³/mol. The van der Waals surface area contributed by atoms with Crippen LogP contribution in [0.4, 0.5) is 10.2 Å². The molecule has 0 bridgehead atoms. The van der Waals surface area contributed by atoms with E-state index in [-0.39, 0.29) is 0 Å². The zero-order valence-corrected chi connectivity index (χ0v) is 10.7. The number of hydrogen-bond acceptors (Lipinski definition) is 3. The molecule has 0 spiro atoms. The number of fused-ring (bicyclic) bond motifs is 1. The summed E-state index contributed by atoms with van der Waals surface area (Å²) in [4.78, 5) is 11.5. The molecule has 1 atom stereocenters. The monoisotopic (exact) mass is 257 g/mol. The molecule has 1 aliphatic carbocycles. The van der Waals surface area contributed by atoms with Crippen LogP contribution >= 0.6 is 0 Å². The lowest BCUT2D eigenvalue weighted by Gasteiger charge is -2.19. The summed E-state index contributed by atoms with van der Waals surface area (Å²) in [6.45, 7) is 1.22. The zero-order chi connectivity index (χ0) is 12.8. The molecule has 1 unspecified atom stereocenters. The van der Waals surface area contributed by atoms with Gasteiger partial charge in [0.1, 0.15) is 17.8 Å². The lowest BCUT2D eigenvalue weighted by Crippen LogP contribution is -2.22. The first-order chi connectivity index (χ1) is 9.31. The lowest BCUT2D eigenvalue weighted by atomic mass is 10.2. The second-order valence-electron chi connectivity index (χ2n) is 5.53. The van der Waals surface area contributed by atoms with Crippen molar-refractivity contribution in [3.8, 4) is 0 Å². The van der Waals surface area contributed by atoms with Crippen molar-refractivity contribution in [2.75, 3.05) is 18.0 Å². The average Bonchev–Trinajstić information content (AvgIpc) is 3.20. The van der Waals surface area contributed by atoms with E-state index in [4.69, 9.17) is 4.98 Å². The molecule has 1 aliphatic heterocycles. The van der Waals surface area contributed by atoms with E-state index in [9.17, 15) is 4.39 Å². The van der Waals surface area contributed by atoms with Crippen molar-refractivity contribution in [3.05, 3.63) is 30.1 Å². The van der Waals surface area contributed by atoms with Gasteiger partial charge < -0.3 is 4.90 Å². The lowest BCUT2D eigenvalue weighted by molar-refractivity contribution is 0.364. The van der Waals surface area contributed by atoms with Crippen molar-refractivity contribution < 1.29 is 4.39 Å². The summed E-state index contributed by atoms with van der Waals surface area (Å²) in [5, 5.41) is 1.04. The van der Waals surface area contributed by atoms with Crippen LogP contribution in [-0.2, 0) is 0 Å². The molecule has 98 valence electrons. The van der Waals surface area contributed by atoms with E-state index in [0.717, 1.165) is 29.1 Å². The second-order valence-corrected chi connectivity index (χ2v) is 5.53. The Labute approximate surface area is 111 Å². The highest BCUT2D eigenvalue weighted by Gasteiger charge is 2.30. The summed E-state index contributed by atoms with van der Waals surface area (Å²) in [6, 6.07) is 8.05. The van der Waals surface area contributed by atoms with Crippen molar-refractivity contribution in [1.82, 2.24) is 9.97 Å². The third-order valence-electron chi connectivity index (χ3n) is 3.97. The molecular weight excluding hydrogens is 241 g/mol. The van der Waals surface area contributed by atoms with Gasteiger partial charge in [-0.15, -0.1) is 0 Å². The normalized spacial score (nSPS) is 23.2. The van der Waals surface area contributed by atoms with Crippen LogP contribution in [0.2, 0.25) is 0 Å². The van der Waals surface area contributed by atoms with Gasteiger partial charge >= 0.3 is 0 Å². The van der Waals surface area contributed by atoms with Crippen LogP contribution < -0.4 is 4.90 Å². The van der Waals surface area contributed by atoms with Crippen LogP contribution in [0.15, 0.2) is 24.3 Å². The number of aromatic nitrogens is 2. The minimum Gasteiger partial charge on any atom is -0.353 e. The summed E-state index contributed by atoms with van der Waals surface area (Å²) >= 11 is 0. The molecule has 0 N–H and O–H groups in total. The van der Waals surface area contributed by atoms with Gasteiger partial charge in [-0.1, -0.05) is 12.1 Å². The Hall–Kier alpha value is -1.71. The number of alkyl halides is 1. The van der Waals surface area contributed by atoms with Crippen LogP contribution in [0, 0.1) is 0 Å². The van der Waals surface area contributed by atoms with Crippen molar-refractivity contribution in [3.63, 3.8) is 0 Å². The molecule has 0 amide bonds. The maximum atomic E-state index is 13.4. The highest BCUT2D eigenvalue weighted by molar-refractivity contribution is 5.89. The Balaban J connectivity index is 1.86. The van der Waals surface area contributed by atoms with Gasteiger partial charge in [-0.05, 0) is 31.4 Å². The number of anilines is 1. The van der Waals surface area contributed by atoms with E-state index in [2.05, 4.69) is 9.88 Å². The standard InChI is InChI=1S/C15H16FN3/c16-11-7-8-19(9-11)15-12-3-1-2-4-13(12)17-14(18-15)10-5-6-10/h1-4,10-11H,5-9H2. The van der Waals surface area contributed by atoms with E-state index in [1.54, 1.807) is 0 Å². The highest BCUT2D eigenvalue weighted by Crippen LogP contribution is 2.40. The molecule has 0 radical (unpaired) electrons. The summed E-state index contributed by atoms with van der Waals surface area (Å²) in [5.74, 6) is 2.38. The number of benzene rings is 1. The van der Waals surface area contributed by atoms with Gasteiger partial charge in [-0.25, -0.2) is 14.4 Å². The van der Waals surface area contributed by atoms with Gasteiger partial charge in [0.2, 0.25) is 0 Å². The predicted octanol–water partition coefficient (Wildman–Crippen LogP) is 3.06. The molecule has 2 fully saturated rings. The summed E-state index contributed by atoms with van der Waals surface area (Å²) in [6.07, 6.45) is 2.25. The zero-order valence-electron chi connectivity index (χ0n) is 10.7. The molecule has 4 heteroatoms. The van der Waals surface area contributed by atoms with Gasteiger partial charge in [-0.3, -0.25) is 0 Å². The summed E-state index contributed by atoms with van der Waals surface area (Å²) < 4.78 is 13.4. The number of rotatable bonds is 2. The molecule has 1 saturated carbocycles. The third-order valence-corrected chi connectivity index (χ3v) is 3.97. The Morgan fingerprint density at radius 2 is 1.95 bits per heavy atom. The van der Waals surface area contributed by atoms with Crippen LogP contribution in [0.3, 0.4) is 0 Å². The van der Waals surface area contributed by atoms with Gasteiger partial charge in [0.25, 0.3) is 0 Å². The third kappa shape index (κ3) is 1.95. The second kappa shape index (κ2) is 4.15. The first-order valence-electron chi connectivity index (χ1n) is 6.97. The van der Waals surface area contributed by atoms with Crippen molar-refractivity contribution in [1.29, 1.82) is 0 Å². The fourth-order valence-electron chi connectivity index (χ4n) is 2.75. The fourth-order valence-corrected chi connectivity index (χ4v) is 2.75. The first-order valence-corrected chi connectivity index (χ1v) is 6.97. The maximum absolute atomic E-state index is 13.4. The van der Waals surface area contributed by atoms with Crippen molar-refractivity contribution in [2.45, 2.75) is 31.4 Å². The van der Waals surface area contributed by atoms with Crippen LogP contribution in [0.1, 0.15) is 31.0 Å². The number of hydrogen-bond donors (Lipinski definition) is 0. The van der Waals surface area contributed by atoms with Crippen molar-refractivity contribution >= 4 is 16.7 Å². The van der Waals surface area contributed by atoms with Crippen molar-refractivity contribution in [2.24, 2.45) is 0 Å². The first kappa shape index (κ1) is 11.1. The van der Waals surface area contributed by atoms with E-state index in [1.165, 1.54) is 12.8 Å². The maximum Gasteiger partial charge on any atom is 0.140 e. The molecule has 2 heterocycles. The molecule has 2 aromatic rings. The minimum absolute atomic E-state index is 0.463. The van der Waals surface area contributed by atoms with Gasteiger partial charge in [0.15, 0.2) is 0 Å². The molecule has 4 rings (SSSR count). The van der Waals surface area contributed by atoms with Crippen LogP contribution in [0.5, 0.6) is 0 Å². The number of nitrogens with zero attached hydrogens (tertiary/aromatic N) is 3. The van der Waals surface area contributed by atoms with Gasteiger partial charge in [0, 0.05) is 17.8 Å². The highest BCUT2D eigenvalue weighted by atomic mass is 19.1. The Kier molecular flexibility index (Phi) is 2.43. The molecule has 1 aromatic carbocycles. The smallest absolute Gasteiger partial charge is 0.140 e. The van der Waals surface area contributed by atoms with Gasteiger partial charge in [0.05, 0.1) is 12.1 Å². The summed E-state index contributed by atoms with van der Waals surface area (Å²) in [7, 11) is 0. The van der Waals surface area contributed by atoms with Gasteiger partial charge in [-0.2, -0.15) is 0 Å². The van der Waals surface area contributed by atoms with E-state index < -0.39 is 6.17 Å². The quantitative estimate of drug-likeness (QED) is 0.828.